The van der Waals surface area contributed by atoms with Crippen molar-refractivity contribution >= 4 is 44.9 Å². The fourth-order valence-corrected chi connectivity index (χ4v) is 4.55. The smallest absolute Gasteiger partial charge is 0.260 e. The molecule has 1 amide bonds. The number of fused-ring (bicyclic) bond motifs is 1. The molecule has 4 aromatic rings. The molecule has 140 valence electrons. The number of aryl methyl sites for hydroxylation is 1. The number of carbonyl (C=O) groups excluding carboxylic acids is 1. The Hall–Kier alpha value is -2.90. The largest absolute Gasteiger partial charge is 0.325 e. The van der Waals surface area contributed by atoms with E-state index in [2.05, 4.69) is 15.3 Å². The van der Waals surface area contributed by atoms with E-state index in [1.54, 1.807) is 0 Å². The Morgan fingerprint density at radius 2 is 2.00 bits per heavy atom. The molecule has 7 heteroatoms. The fraction of sp³-hybridized carbons (Fsp3) is 0.0952. The number of amides is 1. The number of benzene rings is 2. The van der Waals surface area contributed by atoms with Crippen LogP contribution in [-0.4, -0.2) is 21.6 Å². The topological polar surface area (TPSA) is 74.8 Å². The second-order valence-corrected chi connectivity index (χ2v) is 8.10. The van der Waals surface area contributed by atoms with E-state index in [0.29, 0.717) is 15.4 Å². The average molecular weight is 408 g/mol. The lowest BCUT2D eigenvalue weighted by atomic mass is 10.1. The zero-order valence-corrected chi connectivity index (χ0v) is 16.7. The first-order valence-electron chi connectivity index (χ1n) is 8.66. The van der Waals surface area contributed by atoms with E-state index >= 15 is 0 Å². The maximum Gasteiger partial charge on any atom is 0.260 e. The Labute approximate surface area is 169 Å². The van der Waals surface area contributed by atoms with E-state index in [4.69, 9.17) is 0 Å². The normalized spacial score (nSPS) is 10.9. The highest BCUT2D eigenvalue weighted by Gasteiger charge is 2.14. The summed E-state index contributed by atoms with van der Waals surface area (Å²) in [4.78, 5) is 32.8. The maximum absolute atomic E-state index is 12.6. The van der Waals surface area contributed by atoms with Crippen LogP contribution >= 0.6 is 23.1 Å². The minimum absolute atomic E-state index is 0.144. The standard InChI is InChI=1S/C21H17N3O2S2/c1-13-6-5-9-15(10-13)22-17(25)12-28-21-23-19(26)18-16(11-27-20(18)24-21)14-7-3-2-4-8-14/h2-11H,12H2,1H3,(H,22,25)(H,23,24,26). The second-order valence-electron chi connectivity index (χ2n) is 6.27. The van der Waals surface area contributed by atoms with E-state index in [0.717, 1.165) is 22.4 Å². The lowest BCUT2D eigenvalue weighted by molar-refractivity contribution is -0.113. The first-order valence-corrected chi connectivity index (χ1v) is 10.5. The lowest BCUT2D eigenvalue weighted by Crippen LogP contribution is -2.15. The second kappa shape index (κ2) is 8.00. The Kier molecular flexibility index (Phi) is 5.27. The van der Waals surface area contributed by atoms with Gasteiger partial charge in [0, 0.05) is 16.6 Å². The zero-order chi connectivity index (χ0) is 19.5. The Balaban J connectivity index is 1.51. The number of anilines is 1. The molecule has 0 saturated carbocycles. The third-order valence-electron chi connectivity index (χ3n) is 4.15. The number of H-pyrrole nitrogens is 1. The molecule has 2 aromatic carbocycles. The Morgan fingerprint density at radius 3 is 2.79 bits per heavy atom. The number of thioether (sulfide) groups is 1. The molecule has 0 aliphatic carbocycles. The minimum atomic E-state index is -0.188. The average Bonchev–Trinajstić information content (AvgIpc) is 3.12. The van der Waals surface area contributed by atoms with Gasteiger partial charge in [0.05, 0.1) is 11.1 Å². The van der Waals surface area contributed by atoms with Gasteiger partial charge < -0.3 is 10.3 Å². The Bertz CT molecular complexity index is 1200. The number of hydrogen-bond acceptors (Lipinski definition) is 5. The molecule has 2 aromatic heterocycles. The molecule has 0 aliphatic heterocycles. The first kappa shape index (κ1) is 18.5. The summed E-state index contributed by atoms with van der Waals surface area (Å²) < 4.78 is 0. The summed E-state index contributed by atoms with van der Waals surface area (Å²) >= 11 is 2.64. The van der Waals surface area contributed by atoms with Crippen LogP contribution in [0.3, 0.4) is 0 Å². The Morgan fingerprint density at radius 1 is 1.18 bits per heavy atom. The van der Waals surface area contributed by atoms with Crippen molar-refractivity contribution in [2.24, 2.45) is 0 Å². The fourth-order valence-electron chi connectivity index (χ4n) is 2.88. The van der Waals surface area contributed by atoms with Crippen molar-refractivity contribution in [3.05, 3.63) is 75.9 Å². The molecule has 2 N–H and O–H groups in total. The third kappa shape index (κ3) is 4.00. The number of nitrogens with one attached hydrogen (secondary N) is 2. The van der Waals surface area contributed by atoms with Gasteiger partial charge in [-0.15, -0.1) is 11.3 Å². The number of nitrogens with zero attached hydrogens (tertiary/aromatic N) is 1. The lowest BCUT2D eigenvalue weighted by Gasteiger charge is -2.06. The van der Waals surface area contributed by atoms with E-state index < -0.39 is 0 Å². The summed E-state index contributed by atoms with van der Waals surface area (Å²) in [5, 5.41) is 5.83. The highest BCUT2D eigenvalue weighted by Crippen LogP contribution is 2.31. The zero-order valence-electron chi connectivity index (χ0n) is 15.1. The SMILES string of the molecule is Cc1cccc(NC(=O)CSc2nc3scc(-c4ccccc4)c3c(=O)[nH]2)c1. The number of rotatable bonds is 5. The van der Waals surface area contributed by atoms with Crippen LogP contribution in [0.2, 0.25) is 0 Å². The number of carbonyl (C=O) groups is 1. The summed E-state index contributed by atoms with van der Waals surface area (Å²) in [7, 11) is 0. The van der Waals surface area contributed by atoms with Gasteiger partial charge in [0.15, 0.2) is 5.16 Å². The van der Waals surface area contributed by atoms with Crippen molar-refractivity contribution in [3.63, 3.8) is 0 Å². The number of thiophene rings is 1. The molecule has 2 heterocycles. The van der Waals surface area contributed by atoms with E-state index in [1.165, 1.54) is 23.1 Å². The number of hydrogen-bond donors (Lipinski definition) is 2. The van der Waals surface area contributed by atoms with Crippen LogP contribution in [0.25, 0.3) is 21.3 Å². The molecule has 0 atom stereocenters. The van der Waals surface area contributed by atoms with Crippen molar-refractivity contribution < 1.29 is 4.79 Å². The van der Waals surface area contributed by atoms with Crippen molar-refractivity contribution in [1.82, 2.24) is 9.97 Å². The van der Waals surface area contributed by atoms with Gasteiger partial charge in [0.2, 0.25) is 5.91 Å². The summed E-state index contributed by atoms with van der Waals surface area (Å²) in [6.45, 7) is 1.97. The van der Waals surface area contributed by atoms with Gasteiger partial charge in [-0.05, 0) is 30.2 Å². The third-order valence-corrected chi connectivity index (χ3v) is 5.89. The highest BCUT2D eigenvalue weighted by molar-refractivity contribution is 7.99. The predicted octanol–water partition coefficient (Wildman–Crippen LogP) is 4.69. The van der Waals surface area contributed by atoms with Gasteiger partial charge in [0.1, 0.15) is 4.83 Å². The van der Waals surface area contributed by atoms with Crippen LogP contribution in [0.4, 0.5) is 5.69 Å². The van der Waals surface area contributed by atoms with Gasteiger partial charge in [-0.3, -0.25) is 9.59 Å². The number of aromatic amines is 1. The van der Waals surface area contributed by atoms with Gasteiger partial charge in [0.25, 0.3) is 5.56 Å². The van der Waals surface area contributed by atoms with Crippen LogP contribution in [0, 0.1) is 6.92 Å². The van der Waals surface area contributed by atoms with Gasteiger partial charge in [-0.1, -0.05) is 54.2 Å². The van der Waals surface area contributed by atoms with E-state index in [9.17, 15) is 9.59 Å². The van der Waals surface area contributed by atoms with Crippen LogP contribution in [-0.2, 0) is 4.79 Å². The minimum Gasteiger partial charge on any atom is -0.325 e. The molecule has 0 fully saturated rings. The maximum atomic E-state index is 12.6. The molecule has 0 bridgehead atoms. The monoisotopic (exact) mass is 407 g/mol. The molecule has 28 heavy (non-hydrogen) atoms. The van der Waals surface area contributed by atoms with Crippen LogP contribution in [0.15, 0.2) is 69.9 Å². The summed E-state index contributed by atoms with van der Waals surface area (Å²) in [5.74, 6) is 0.0220. The first-order chi connectivity index (χ1) is 13.6. The van der Waals surface area contributed by atoms with Crippen molar-refractivity contribution in [1.29, 1.82) is 0 Å². The van der Waals surface area contributed by atoms with Crippen molar-refractivity contribution in [2.45, 2.75) is 12.1 Å². The number of aromatic nitrogens is 2. The van der Waals surface area contributed by atoms with E-state index in [1.807, 2.05) is 66.9 Å². The van der Waals surface area contributed by atoms with Crippen LogP contribution in [0.1, 0.15) is 5.56 Å². The van der Waals surface area contributed by atoms with Gasteiger partial charge in [-0.25, -0.2) is 4.98 Å². The summed E-state index contributed by atoms with van der Waals surface area (Å²) in [5.41, 5.74) is 3.51. The molecular formula is C21H17N3O2S2. The van der Waals surface area contributed by atoms with Gasteiger partial charge in [-0.2, -0.15) is 0 Å². The molecule has 0 radical (unpaired) electrons. The highest BCUT2D eigenvalue weighted by atomic mass is 32.2. The quantitative estimate of drug-likeness (QED) is 0.372. The summed E-state index contributed by atoms with van der Waals surface area (Å²) in [6.07, 6.45) is 0. The molecule has 5 nitrogen and oxygen atoms in total. The molecule has 0 spiro atoms. The molecule has 4 rings (SSSR count). The molecule has 0 saturated heterocycles. The molecule has 0 unspecified atom stereocenters. The van der Waals surface area contributed by atoms with Crippen LogP contribution in [0.5, 0.6) is 0 Å². The van der Waals surface area contributed by atoms with Gasteiger partial charge >= 0.3 is 0 Å². The summed E-state index contributed by atoms with van der Waals surface area (Å²) in [6, 6.07) is 17.4. The van der Waals surface area contributed by atoms with Crippen molar-refractivity contribution in [3.8, 4) is 11.1 Å². The molecule has 0 aliphatic rings. The van der Waals surface area contributed by atoms with Crippen LogP contribution < -0.4 is 10.9 Å². The van der Waals surface area contributed by atoms with Crippen molar-refractivity contribution in [2.75, 3.05) is 11.1 Å². The predicted molar refractivity (Wildman–Crippen MR) is 116 cm³/mol. The van der Waals surface area contributed by atoms with E-state index in [-0.39, 0.29) is 17.2 Å². The molecular weight excluding hydrogens is 390 g/mol.